The number of benzene rings is 1. The smallest absolute Gasteiger partial charge is 0.188 e. The summed E-state index contributed by atoms with van der Waals surface area (Å²) in [5.41, 5.74) is 9.62. The van der Waals surface area contributed by atoms with Crippen LogP contribution in [0.5, 0.6) is 0 Å². The minimum absolute atomic E-state index is 0.516. The SMILES string of the molecule is Cc1ccc(CN=C(N)NCCCN2CCOCC2)c(N(C)C)c1. The average Bonchev–Trinajstić information content (AvgIpc) is 2.58. The molecule has 0 unspecified atom stereocenters. The van der Waals surface area contributed by atoms with E-state index in [1.807, 2.05) is 0 Å². The van der Waals surface area contributed by atoms with Crippen LogP contribution in [-0.4, -0.2) is 64.3 Å². The van der Waals surface area contributed by atoms with Crippen molar-refractivity contribution in [1.82, 2.24) is 10.2 Å². The Morgan fingerprint density at radius 2 is 2.08 bits per heavy atom. The van der Waals surface area contributed by atoms with E-state index in [-0.39, 0.29) is 0 Å². The Kier molecular flexibility index (Phi) is 7.34. The van der Waals surface area contributed by atoms with Crippen LogP contribution in [0.4, 0.5) is 5.69 Å². The van der Waals surface area contributed by atoms with E-state index in [0.29, 0.717) is 12.5 Å². The molecule has 0 aliphatic carbocycles. The molecule has 1 aromatic carbocycles. The molecular formula is C18H31N5O. The number of nitrogens with one attached hydrogen (secondary N) is 1. The summed E-state index contributed by atoms with van der Waals surface area (Å²) in [7, 11) is 4.10. The number of nitrogens with zero attached hydrogens (tertiary/aromatic N) is 3. The maximum atomic E-state index is 5.99. The van der Waals surface area contributed by atoms with Crippen LogP contribution < -0.4 is 16.0 Å². The Hall–Kier alpha value is -1.79. The minimum atomic E-state index is 0.516. The highest BCUT2D eigenvalue weighted by molar-refractivity contribution is 5.77. The normalized spacial score (nSPS) is 16.2. The van der Waals surface area contributed by atoms with Gasteiger partial charge in [0.15, 0.2) is 5.96 Å². The van der Waals surface area contributed by atoms with Crippen molar-refractivity contribution in [3.8, 4) is 0 Å². The molecule has 1 fully saturated rings. The third-order valence-electron chi connectivity index (χ3n) is 4.20. The molecule has 2 rings (SSSR count). The van der Waals surface area contributed by atoms with Gasteiger partial charge in [0.2, 0.25) is 0 Å². The summed E-state index contributed by atoms with van der Waals surface area (Å²) < 4.78 is 5.35. The van der Waals surface area contributed by atoms with Crippen molar-refractivity contribution in [3.63, 3.8) is 0 Å². The maximum Gasteiger partial charge on any atom is 0.188 e. The number of nitrogens with two attached hydrogens (primary N) is 1. The summed E-state index contributed by atoms with van der Waals surface area (Å²) in [6.07, 6.45) is 1.06. The van der Waals surface area contributed by atoms with Crippen LogP contribution in [0.25, 0.3) is 0 Å². The molecule has 0 spiro atoms. The monoisotopic (exact) mass is 333 g/mol. The Balaban J connectivity index is 1.75. The lowest BCUT2D eigenvalue weighted by Gasteiger charge is -2.26. The fraction of sp³-hybridized carbons (Fsp3) is 0.611. The molecule has 0 atom stereocenters. The molecule has 3 N–H and O–H groups in total. The number of aliphatic imine (C=N–C) groups is 1. The lowest BCUT2D eigenvalue weighted by atomic mass is 10.1. The number of anilines is 1. The molecular weight excluding hydrogens is 302 g/mol. The van der Waals surface area contributed by atoms with Gasteiger partial charge in [-0.1, -0.05) is 12.1 Å². The highest BCUT2D eigenvalue weighted by Gasteiger charge is 2.09. The summed E-state index contributed by atoms with van der Waals surface area (Å²) >= 11 is 0. The van der Waals surface area contributed by atoms with E-state index in [1.54, 1.807) is 0 Å². The van der Waals surface area contributed by atoms with Gasteiger partial charge in [-0.2, -0.15) is 0 Å². The molecule has 134 valence electrons. The number of aryl methyl sites for hydroxylation is 1. The summed E-state index contributed by atoms with van der Waals surface area (Å²) in [4.78, 5) is 9.01. The molecule has 1 aliphatic rings. The number of guanidine groups is 1. The second-order valence-electron chi connectivity index (χ2n) is 6.46. The number of ether oxygens (including phenoxy) is 1. The van der Waals surface area contributed by atoms with Crippen molar-refractivity contribution < 1.29 is 4.74 Å². The topological polar surface area (TPSA) is 66.1 Å². The fourth-order valence-corrected chi connectivity index (χ4v) is 2.79. The zero-order chi connectivity index (χ0) is 17.4. The predicted molar refractivity (Wildman–Crippen MR) is 101 cm³/mol. The second-order valence-corrected chi connectivity index (χ2v) is 6.46. The minimum Gasteiger partial charge on any atom is -0.379 e. The Labute approximate surface area is 145 Å². The summed E-state index contributed by atoms with van der Waals surface area (Å²) in [5, 5.41) is 3.21. The molecule has 1 aliphatic heterocycles. The van der Waals surface area contributed by atoms with Crippen molar-refractivity contribution in [2.45, 2.75) is 19.9 Å². The highest BCUT2D eigenvalue weighted by Crippen LogP contribution is 2.21. The Morgan fingerprint density at radius 1 is 1.33 bits per heavy atom. The lowest BCUT2D eigenvalue weighted by molar-refractivity contribution is 0.0376. The molecule has 0 aromatic heterocycles. The van der Waals surface area contributed by atoms with Crippen LogP contribution in [0, 0.1) is 6.92 Å². The van der Waals surface area contributed by atoms with Gasteiger partial charge in [-0.25, -0.2) is 4.99 Å². The second kappa shape index (κ2) is 9.49. The first-order valence-electron chi connectivity index (χ1n) is 8.67. The molecule has 0 radical (unpaired) electrons. The van der Waals surface area contributed by atoms with E-state index in [1.165, 1.54) is 16.8 Å². The molecule has 6 nitrogen and oxygen atoms in total. The molecule has 24 heavy (non-hydrogen) atoms. The molecule has 1 heterocycles. The van der Waals surface area contributed by atoms with Crippen molar-refractivity contribution in [2.75, 3.05) is 58.4 Å². The van der Waals surface area contributed by atoms with Crippen LogP contribution in [0.15, 0.2) is 23.2 Å². The number of hydrogen-bond acceptors (Lipinski definition) is 4. The summed E-state index contributed by atoms with van der Waals surface area (Å²) in [6.45, 7) is 8.38. The third kappa shape index (κ3) is 6.02. The van der Waals surface area contributed by atoms with Gasteiger partial charge in [-0.15, -0.1) is 0 Å². The largest absolute Gasteiger partial charge is 0.379 e. The van der Waals surface area contributed by atoms with Gasteiger partial charge in [-0.05, 0) is 37.1 Å². The summed E-state index contributed by atoms with van der Waals surface area (Å²) in [5.74, 6) is 0.516. The van der Waals surface area contributed by atoms with Crippen LogP contribution in [0.1, 0.15) is 17.5 Å². The van der Waals surface area contributed by atoms with Crippen molar-refractivity contribution in [3.05, 3.63) is 29.3 Å². The van der Waals surface area contributed by atoms with E-state index in [2.05, 4.69) is 59.3 Å². The average molecular weight is 333 g/mol. The fourth-order valence-electron chi connectivity index (χ4n) is 2.79. The van der Waals surface area contributed by atoms with Gasteiger partial charge in [-0.3, -0.25) is 4.90 Å². The van der Waals surface area contributed by atoms with E-state index >= 15 is 0 Å². The van der Waals surface area contributed by atoms with Crippen molar-refractivity contribution >= 4 is 11.6 Å². The van der Waals surface area contributed by atoms with Crippen molar-refractivity contribution in [1.29, 1.82) is 0 Å². The van der Waals surface area contributed by atoms with Crippen LogP contribution in [0.2, 0.25) is 0 Å². The lowest BCUT2D eigenvalue weighted by Crippen LogP contribution is -2.39. The van der Waals surface area contributed by atoms with E-state index < -0.39 is 0 Å². The first kappa shape index (κ1) is 18.5. The van der Waals surface area contributed by atoms with Crippen LogP contribution in [0.3, 0.4) is 0 Å². The Bertz CT molecular complexity index is 538. The Morgan fingerprint density at radius 3 is 2.79 bits per heavy atom. The van der Waals surface area contributed by atoms with Gasteiger partial charge in [0.25, 0.3) is 0 Å². The van der Waals surface area contributed by atoms with Crippen LogP contribution >= 0.6 is 0 Å². The van der Waals surface area contributed by atoms with E-state index in [9.17, 15) is 0 Å². The molecule has 1 saturated heterocycles. The maximum absolute atomic E-state index is 5.99. The number of hydrogen-bond donors (Lipinski definition) is 2. The third-order valence-corrected chi connectivity index (χ3v) is 4.20. The summed E-state index contributed by atoms with van der Waals surface area (Å²) in [6, 6.07) is 6.42. The van der Waals surface area contributed by atoms with Gasteiger partial charge in [0.05, 0.1) is 19.8 Å². The van der Waals surface area contributed by atoms with Gasteiger partial charge in [0, 0.05) is 39.4 Å². The number of morpholine rings is 1. The molecule has 0 amide bonds. The van der Waals surface area contributed by atoms with Gasteiger partial charge in [0.1, 0.15) is 0 Å². The predicted octanol–water partition coefficient (Wildman–Crippen LogP) is 1.19. The standard InChI is InChI=1S/C18H31N5O/c1-15-5-6-16(17(13-15)22(2)3)14-21-18(19)20-7-4-8-23-9-11-24-12-10-23/h5-6,13H,4,7-12,14H2,1-3H3,(H3,19,20,21). The first-order chi connectivity index (χ1) is 11.6. The molecule has 0 bridgehead atoms. The van der Waals surface area contributed by atoms with E-state index in [4.69, 9.17) is 10.5 Å². The highest BCUT2D eigenvalue weighted by atomic mass is 16.5. The quantitative estimate of drug-likeness (QED) is 0.446. The molecule has 0 saturated carbocycles. The zero-order valence-corrected chi connectivity index (χ0v) is 15.2. The van der Waals surface area contributed by atoms with Crippen LogP contribution in [-0.2, 0) is 11.3 Å². The van der Waals surface area contributed by atoms with Gasteiger partial charge >= 0.3 is 0 Å². The van der Waals surface area contributed by atoms with Crippen molar-refractivity contribution in [2.24, 2.45) is 10.7 Å². The van der Waals surface area contributed by atoms with E-state index in [0.717, 1.165) is 45.8 Å². The molecule has 1 aromatic rings. The number of rotatable bonds is 7. The van der Waals surface area contributed by atoms with Gasteiger partial charge < -0.3 is 20.7 Å². The zero-order valence-electron chi connectivity index (χ0n) is 15.2. The first-order valence-corrected chi connectivity index (χ1v) is 8.67. The molecule has 6 heteroatoms.